The van der Waals surface area contributed by atoms with E-state index < -0.39 is 0 Å². The highest BCUT2D eigenvalue weighted by atomic mass is 32.1. The summed E-state index contributed by atoms with van der Waals surface area (Å²) < 4.78 is 13.3. The molecule has 0 spiro atoms. The monoisotopic (exact) mass is 467 g/mol. The Kier molecular flexibility index (Phi) is 5.90. The van der Waals surface area contributed by atoms with Crippen molar-refractivity contribution in [3.8, 4) is 23.1 Å². The lowest BCUT2D eigenvalue weighted by Crippen LogP contribution is -2.12. The number of aromatic nitrogens is 2. The molecule has 34 heavy (non-hydrogen) atoms. The summed E-state index contributed by atoms with van der Waals surface area (Å²) in [6, 6.07) is 27.5. The van der Waals surface area contributed by atoms with Gasteiger partial charge in [-0.2, -0.15) is 0 Å². The Hall–Kier alpha value is -3.90. The first kappa shape index (κ1) is 21.9. The van der Waals surface area contributed by atoms with Gasteiger partial charge in [-0.05, 0) is 47.9 Å². The molecule has 0 saturated heterocycles. The number of anilines is 2. The molecule has 6 heteroatoms. The van der Waals surface area contributed by atoms with Crippen LogP contribution in [0.2, 0.25) is 0 Å². The van der Waals surface area contributed by atoms with Crippen LogP contribution in [0, 0.1) is 0 Å². The van der Waals surface area contributed by atoms with Gasteiger partial charge in [-0.25, -0.2) is 9.97 Å². The molecule has 3 aromatic carbocycles. The molecule has 5 rings (SSSR count). The van der Waals surface area contributed by atoms with Crippen molar-refractivity contribution in [3.63, 3.8) is 0 Å². The minimum atomic E-state index is -0.0501. The first-order valence-corrected chi connectivity index (χ1v) is 11.9. The van der Waals surface area contributed by atoms with Gasteiger partial charge in [-0.3, -0.25) is 0 Å². The Balaban J connectivity index is 1.40. The first-order valence-electron chi connectivity index (χ1n) is 11.1. The van der Waals surface area contributed by atoms with Gasteiger partial charge in [0.2, 0.25) is 5.88 Å². The molecule has 0 aliphatic carbocycles. The molecule has 0 amide bonds. The topological polar surface area (TPSA) is 56.3 Å². The summed E-state index contributed by atoms with van der Waals surface area (Å²) in [6.07, 6.45) is 1.73. The predicted molar refractivity (Wildman–Crippen MR) is 139 cm³/mol. The number of thiazole rings is 1. The van der Waals surface area contributed by atoms with Crippen molar-refractivity contribution in [2.75, 3.05) is 5.32 Å². The standard InChI is InChI=1S/C28H25N3O2S/c1-28(2,3)21-12-7-8-14-24(21)33-26-23(13-9-17-29-26)31-27-30-22-16-15-20(18-25(22)34-27)32-19-10-5-4-6-11-19/h4-18H,1-3H3,(H,30,31). The minimum Gasteiger partial charge on any atom is -0.457 e. The Morgan fingerprint density at radius 1 is 0.794 bits per heavy atom. The molecular weight excluding hydrogens is 442 g/mol. The highest BCUT2D eigenvalue weighted by molar-refractivity contribution is 7.22. The molecule has 5 nitrogen and oxygen atoms in total. The van der Waals surface area contributed by atoms with Gasteiger partial charge in [0.15, 0.2) is 5.13 Å². The van der Waals surface area contributed by atoms with E-state index in [-0.39, 0.29) is 5.41 Å². The number of ether oxygens (including phenoxy) is 2. The van der Waals surface area contributed by atoms with Crippen LogP contribution in [0.4, 0.5) is 10.8 Å². The molecule has 2 heterocycles. The fourth-order valence-electron chi connectivity index (χ4n) is 3.61. The summed E-state index contributed by atoms with van der Waals surface area (Å²) in [7, 11) is 0. The van der Waals surface area contributed by atoms with Gasteiger partial charge in [0.1, 0.15) is 22.9 Å². The maximum atomic E-state index is 6.28. The fourth-order valence-corrected chi connectivity index (χ4v) is 4.52. The van der Waals surface area contributed by atoms with Gasteiger partial charge < -0.3 is 14.8 Å². The van der Waals surface area contributed by atoms with E-state index in [0.717, 1.165) is 43.8 Å². The van der Waals surface area contributed by atoms with Crippen LogP contribution < -0.4 is 14.8 Å². The molecule has 170 valence electrons. The van der Waals surface area contributed by atoms with Crippen molar-refractivity contribution in [3.05, 3.63) is 96.7 Å². The Bertz CT molecular complexity index is 1420. The third kappa shape index (κ3) is 4.87. The maximum absolute atomic E-state index is 6.28. The lowest BCUT2D eigenvalue weighted by atomic mass is 9.86. The second-order valence-electron chi connectivity index (χ2n) is 8.89. The van der Waals surface area contributed by atoms with Gasteiger partial charge >= 0.3 is 0 Å². The zero-order valence-corrected chi connectivity index (χ0v) is 20.1. The number of rotatable bonds is 6. The number of benzene rings is 3. The van der Waals surface area contributed by atoms with Crippen LogP contribution in [-0.2, 0) is 5.41 Å². The highest BCUT2D eigenvalue weighted by Crippen LogP contribution is 2.38. The first-order chi connectivity index (χ1) is 16.5. The highest BCUT2D eigenvalue weighted by Gasteiger charge is 2.20. The van der Waals surface area contributed by atoms with E-state index in [1.807, 2.05) is 78.9 Å². The molecule has 0 fully saturated rings. The van der Waals surface area contributed by atoms with Gasteiger partial charge in [0.05, 0.1) is 10.2 Å². The van der Waals surface area contributed by atoms with E-state index in [0.29, 0.717) is 5.88 Å². The van der Waals surface area contributed by atoms with E-state index in [1.54, 1.807) is 17.5 Å². The lowest BCUT2D eigenvalue weighted by molar-refractivity contribution is 0.442. The number of para-hydroxylation sites is 2. The minimum absolute atomic E-state index is 0.0501. The molecule has 0 aliphatic heterocycles. The maximum Gasteiger partial charge on any atom is 0.243 e. The van der Waals surface area contributed by atoms with E-state index in [9.17, 15) is 0 Å². The van der Waals surface area contributed by atoms with Gasteiger partial charge in [0.25, 0.3) is 0 Å². The largest absolute Gasteiger partial charge is 0.457 e. The van der Waals surface area contributed by atoms with E-state index in [2.05, 4.69) is 37.1 Å². The Morgan fingerprint density at radius 2 is 1.59 bits per heavy atom. The van der Waals surface area contributed by atoms with E-state index in [1.165, 1.54) is 0 Å². The molecular formula is C28H25N3O2S. The molecule has 1 N–H and O–H groups in total. The Morgan fingerprint density at radius 3 is 2.41 bits per heavy atom. The smallest absolute Gasteiger partial charge is 0.243 e. The van der Waals surface area contributed by atoms with Gasteiger partial charge in [-0.15, -0.1) is 0 Å². The van der Waals surface area contributed by atoms with Crippen LogP contribution in [-0.4, -0.2) is 9.97 Å². The van der Waals surface area contributed by atoms with Crippen LogP contribution in [0.25, 0.3) is 10.2 Å². The molecule has 2 aromatic heterocycles. The summed E-state index contributed by atoms with van der Waals surface area (Å²) >= 11 is 1.55. The molecule has 0 atom stereocenters. The zero-order chi connectivity index (χ0) is 23.5. The number of fused-ring (bicyclic) bond motifs is 1. The van der Waals surface area contributed by atoms with E-state index >= 15 is 0 Å². The molecule has 5 aromatic rings. The third-order valence-electron chi connectivity index (χ3n) is 5.25. The SMILES string of the molecule is CC(C)(C)c1ccccc1Oc1ncccc1Nc1nc2ccc(Oc3ccccc3)cc2s1. The third-order valence-corrected chi connectivity index (χ3v) is 6.19. The number of nitrogens with one attached hydrogen (secondary N) is 1. The average Bonchev–Trinajstić information content (AvgIpc) is 3.22. The predicted octanol–water partition coefficient (Wildman–Crippen LogP) is 8.32. The average molecular weight is 468 g/mol. The van der Waals surface area contributed by atoms with Crippen molar-refractivity contribution < 1.29 is 9.47 Å². The van der Waals surface area contributed by atoms with Crippen molar-refractivity contribution in [1.82, 2.24) is 9.97 Å². The normalized spacial score (nSPS) is 11.4. The van der Waals surface area contributed by atoms with E-state index in [4.69, 9.17) is 14.5 Å². The second-order valence-corrected chi connectivity index (χ2v) is 9.92. The quantitative estimate of drug-likeness (QED) is 0.272. The molecule has 0 unspecified atom stereocenters. The number of hydrogen-bond acceptors (Lipinski definition) is 6. The molecule has 0 aliphatic rings. The summed E-state index contributed by atoms with van der Waals surface area (Å²) in [5, 5.41) is 4.15. The van der Waals surface area contributed by atoms with Crippen molar-refractivity contribution >= 4 is 32.4 Å². The van der Waals surface area contributed by atoms with Crippen molar-refractivity contribution in [1.29, 1.82) is 0 Å². The van der Waals surface area contributed by atoms with Crippen LogP contribution >= 0.6 is 11.3 Å². The van der Waals surface area contributed by atoms with Crippen molar-refractivity contribution in [2.24, 2.45) is 0 Å². The Labute approximate surface area is 203 Å². The van der Waals surface area contributed by atoms with Crippen LogP contribution in [0.15, 0.2) is 91.1 Å². The van der Waals surface area contributed by atoms with Crippen LogP contribution in [0.1, 0.15) is 26.3 Å². The summed E-state index contributed by atoms with van der Waals surface area (Å²) in [5.74, 6) is 2.88. The molecule has 0 radical (unpaired) electrons. The summed E-state index contributed by atoms with van der Waals surface area (Å²) in [4.78, 5) is 9.21. The molecule has 0 saturated carbocycles. The van der Waals surface area contributed by atoms with Crippen molar-refractivity contribution in [2.45, 2.75) is 26.2 Å². The number of nitrogens with zero attached hydrogens (tertiary/aromatic N) is 2. The van der Waals surface area contributed by atoms with Crippen LogP contribution in [0.5, 0.6) is 23.1 Å². The summed E-state index contributed by atoms with van der Waals surface area (Å²) in [5.41, 5.74) is 2.73. The summed E-state index contributed by atoms with van der Waals surface area (Å²) in [6.45, 7) is 6.51. The second kappa shape index (κ2) is 9.15. The van der Waals surface area contributed by atoms with Gasteiger partial charge in [0, 0.05) is 17.8 Å². The molecule has 0 bridgehead atoms. The van der Waals surface area contributed by atoms with Crippen LogP contribution in [0.3, 0.4) is 0 Å². The zero-order valence-electron chi connectivity index (χ0n) is 19.3. The number of hydrogen-bond donors (Lipinski definition) is 1. The fraction of sp³-hybridized carbons (Fsp3) is 0.143. The number of pyridine rings is 1. The lowest BCUT2D eigenvalue weighted by Gasteiger charge is -2.22. The van der Waals surface area contributed by atoms with Gasteiger partial charge in [-0.1, -0.05) is 68.5 Å².